The number of nitro groups is 1. The lowest BCUT2D eigenvalue weighted by Gasteiger charge is -2.11. The average molecular weight is 341 g/mol. The lowest BCUT2D eigenvalue weighted by atomic mass is 10.1. The van der Waals surface area contributed by atoms with Crippen molar-refractivity contribution in [2.75, 3.05) is 13.7 Å². The summed E-state index contributed by atoms with van der Waals surface area (Å²) in [5, 5.41) is 10.8. The zero-order valence-corrected chi connectivity index (χ0v) is 12.7. The summed E-state index contributed by atoms with van der Waals surface area (Å²) in [4.78, 5) is 10.2. The van der Waals surface area contributed by atoms with Crippen molar-refractivity contribution in [3.63, 3.8) is 0 Å². The van der Waals surface area contributed by atoms with E-state index in [1.807, 2.05) is 0 Å². The zero-order chi connectivity index (χ0) is 17.7. The Morgan fingerprint density at radius 1 is 1.12 bits per heavy atom. The fraction of sp³-hybridized carbons (Fsp3) is 0.250. The molecule has 128 valence electrons. The van der Waals surface area contributed by atoms with Crippen LogP contribution in [0.4, 0.5) is 18.9 Å². The number of hydrogen-bond acceptors (Lipinski definition) is 4. The SMILES string of the molecule is COc1ccc([N+](=O)[O-])cc1OCCc1cccc(C(F)(F)F)c1. The van der Waals surface area contributed by atoms with Gasteiger partial charge in [0.05, 0.1) is 30.3 Å². The molecule has 0 heterocycles. The molecule has 0 fully saturated rings. The Labute approximate surface area is 135 Å². The van der Waals surface area contributed by atoms with Crippen LogP contribution in [0, 0.1) is 10.1 Å². The fourth-order valence-electron chi connectivity index (χ4n) is 2.07. The Morgan fingerprint density at radius 2 is 1.88 bits per heavy atom. The summed E-state index contributed by atoms with van der Waals surface area (Å²) in [6.07, 6.45) is -4.18. The second-order valence-electron chi connectivity index (χ2n) is 4.89. The molecule has 0 aliphatic heterocycles. The number of nitro benzene ring substituents is 1. The maximum absolute atomic E-state index is 12.7. The van der Waals surface area contributed by atoms with Crippen LogP contribution < -0.4 is 9.47 Å². The lowest BCUT2D eigenvalue weighted by molar-refractivity contribution is -0.385. The molecule has 0 amide bonds. The molecular weight excluding hydrogens is 327 g/mol. The third-order valence-corrected chi connectivity index (χ3v) is 3.26. The smallest absolute Gasteiger partial charge is 0.416 e. The first kappa shape index (κ1) is 17.6. The number of methoxy groups -OCH3 is 1. The summed E-state index contributed by atoms with van der Waals surface area (Å²) in [7, 11) is 1.39. The number of nitrogens with zero attached hydrogens (tertiary/aromatic N) is 1. The van der Waals surface area contributed by atoms with Crippen molar-refractivity contribution in [3.05, 3.63) is 63.7 Å². The molecule has 0 aliphatic carbocycles. The highest BCUT2D eigenvalue weighted by atomic mass is 19.4. The van der Waals surface area contributed by atoms with E-state index in [4.69, 9.17) is 9.47 Å². The Kier molecular flexibility index (Phi) is 5.28. The van der Waals surface area contributed by atoms with Crippen molar-refractivity contribution in [2.45, 2.75) is 12.6 Å². The molecular formula is C16H14F3NO4. The molecule has 24 heavy (non-hydrogen) atoms. The minimum atomic E-state index is -4.40. The van der Waals surface area contributed by atoms with Crippen LogP contribution in [0.1, 0.15) is 11.1 Å². The van der Waals surface area contributed by atoms with Gasteiger partial charge in [-0.05, 0) is 17.7 Å². The van der Waals surface area contributed by atoms with E-state index in [0.717, 1.165) is 12.1 Å². The third kappa shape index (κ3) is 4.37. The highest BCUT2D eigenvalue weighted by Gasteiger charge is 2.30. The van der Waals surface area contributed by atoms with Crippen molar-refractivity contribution < 1.29 is 27.6 Å². The number of alkyl halides is 3. The van der Waals surface area contributed by atoms with E-state index in [9.17, 15) is 23.3 Å². The first-order valence-electron chi connectivity index (χ1n) is 6.92. The van der Waals surface area contributed by atoms with Gasteiger partial charge in [0, 0.05) is 12.5 Å². The molecule has 0 bridgehead atoms. The van der Waals surface area contributed by atoms with Gasteiger partial charge in [-0.15, -0.1) is 0 Å². The van der Waals surface area contributed by atoms with Crippen molar-refractivity contribution in [1.82, 2.24) is 0 Å². The third-order valence-electron chi connectivity index (χ3n) is 3.26. The molecule has 0 unspecified atom stereocenters. The molecule has 0 aliphatic rings. The molecule has 0 radical (unpaired) electrons. The number of benzene rings is 2. The molecule has 2 aromatic carbocycles. The second kappa shape index (κ2) is 7.20. The minimum absolute atomic E-state index is 0.0544. The highest BCUT2D eigenvalue weighted by Crippen LogP contribution is 2.32. The fourth-order valence-corrected chi connectivity index (χ4v) is 2.07. The first-order valence-corrected chi connectivity index (χ1v) is 6.92. The van der Waals surface area contributed by atoms with Gasteiger partial charge in [0.15, 0.2) is 11.5 Å². The maximum Gasteiger partial charge on any atom is 0.416 e. The van der Waals surface area contributed by atoms with Gasteiger partial charge in [-0.25, -0.2) is 0 Å². The normalized spacial score (nSPS) is 11.2. The van der Waals surface area contributed by atoms with Crippen LogP contribution >= 0.6 is 0 Å². The number of non-ortho nitro benzene ring substituents is 1. The van der Waals surface area contributed by atoms with Crippen molar-refractivity contribution in [3.8, 4) is 11.5 Å². The summed E-state index contributed by atoms with van der Waals surface area (Å²) >= 11 is 0. The van der Waals surface area contributed by atoms with E-state index in [2.05, 4.69) is 0 Å². The molecule has 5 nitrogen and oxygen atoms in total. The van der Waals surface area contributed by atoms with Crippen LogP contribution in [0.3, 0.4) is 0 Å². The van der Waals surface area contributed by atoms with E-state index < -0.39 is 16.7 Å². The number of halogens is 3. The first-order chi connectivity index (χ1) is 11.3. The number of hydrogen-bond donors (Lipinski definition) is 0. The predicted molar refractivity (Wildman–Crippen MR) is 80.3 cm³/mol. The summed E-state index contributed by atoms with van der Waals surface area (Å²) in [5.41, 5.74) is -0.438. The van der Waals surface area contributed by atoms with Gasteiger partial charge in [-0.2, -0.15) is 13.2 Å². The molecule has 2 rings (SSSR count). The molecule has 8 heteroatoms. The van der Waals surface area contributed by atoms with Crippen LogP contribution in [-0.4, -0.2) is 18.6 Å². The zero-order valence-electron chi connectivity index (χ0n) is 12.7. The topological polar surface area (TPSA) is 61.6 Å². The van der Waals surface area contributed by atoms with Gasteiger partial charge in [-0.1, -0.05) is 18.2 Å². The van der Waals surface area contributed by atoms with Crippen LogP contribution in [0.15, 0.2) is 42.5 Å². The Balaban J connectivity index is 2.07. The molecule has 0 saturated carbocycles. The van der Waals surface area contributed by atoms with Gasteiger partial charge in [0.25, 0.3) is 5.69 Å². The van der Waals surface area contributed by atoms with E-state index >= 15 is 0 Å². The molecule has 0 aromatic heterocycles. The molecule has 0 saturated heterocycles. The number of rotatable bonds is 6. The predicted octanol–water partition coefficient (Wildman–Crippen LogP) is 4.24. The van der Waals surface area contributed by atoms with E-state index in [1.165, 1.54) is 31.4 Å². The second-order valence-corrected chi connectivity index (χ2v) is 4.89. The Hall–Kier alpha value is -2.77. The van der Waals surface area contributed by atoms with Crippen LogP contribution in [0.25, 0.3) is 0 Å². The summed E-state index contributed by atoms with van der Waals surface area (Å²) in [5.74, 6) is 0.475. The Morgan fingerprint density at radius 3 is 2.50 bits per heavy atom. The Bertz CT molecular complexity index is 732. The van der Waals surface area contributed by atoms with Gasteiger partial charge in [0.1, 0.15) is 0 Å². The van der Waals surface area contributed by atoms with Gasteiger partial charge >= 0.3 is 6.18 Å². The largest absolute Gasteiger partial charge is 0.493 e. The highest BCUT2D eigenvalue weighted by molar-refractivity contribution is 5.48. The molecule has 0 spiro atoms. The van der Waals surface area contributed by atoms with Crippen molar-refractivity contribution in [2.24, 2.45) is 0 Å². The van der Waals surface area contributed by atoms with Crippen LogP contribution in [0.5, 0.6) is 11.5 Å². The van der Waals surface area contributed by atoms with E-state index in [1.54, 1.807) is 6.07 Å². The lowest BCUT2D eigenvalue weighted by Crippen LogP contribution is -2.07. The maximum atomic E-state index is 12.7. The molecule has 0 atom stereocenters. The van der Waals surface area contributed by atoms with E-state index in [-0.39, 0.29) is 24.5 Å². The minimum Gasteiger partial charge on any atom is -0.493 e. The summed E-state index contributed by atoms with van der Waals surface area (Å²) in [6.45, 7) is 0.0544. The standard InChI is InChI=1S/C16H14F3NO4/c1-23-14-6-5-13(20(21)22)10-15(14)24-8-7-11-3-2-4-12(9-11)16(17,18)19/h2-6,9-10H,7-8H2,1H3. The van der Waals surface area contributed by atoms with Crippen LogP contribution in [0.2, 0.25) is 0 Å². The molecule has 2 aromatic rings. The van der Waals surface area contributed by atoms with Gasteiger partial charge in [-0.3, -0.25) is 10.1 Å². The number of ether oxygens (including phenoxy) is 2. The van der Waals surface area contributed by atoms with E-state index in [0.29, 0.717) is 11.3 Å². The van der Waals surface area contributed by atoms with Crippen molar-refractivity contribution in [1.29, 1.82) is 0 Å². The average Bonchev–Trinajstić information content (AvgIpc) is 2.54. The quantitative estimate of drug-likeness (QED) is 0.582. The molecule has 0 N–H and O–H groups in total. The summed E-state index contributed by atoms with van der Waals surface area (Å²) in [6, 6.07) is 8.82. The van der Waals surface area contributed by atoms with Crippen LogP contribution in [-0.2, 0) is 12.6 Å². The van der Waals surface area contributed by atoms with Gasteiger partial charge < -0.3 is 9.47 Å². The van der Waals surface area contributed by atoms with Gasteiger partial charge in [0.2, 0.25) is 0 Å². The summed E-state index contributed by atoms with van der Waals surface area (Å²) < 4.78 is 48.5. The van der Waals surface area contributed by atoms with Crippen molar-refractivity contribution >= 4 is 5.69 Å². The monoisotopic (exact) mass is 341 g/mol.